The van der Waals surface area contributed by atoms with E-state index in [0.29, 0.717) is 0 Å². The van der Waals surface area contributed by atoms with Gasteiger partial charge in [-0.05, 0) is 18.8 Å². The smallest absolute Gasteiger partial charge is 0.0621 e. The molecule has 0 amide bonds. The molecule has 0 N–H and O–H groups in total. The van der Waals surface area contributed by atoms with Crippen LogP contribution in [0.4, 0.5) is 0 Å². The van der Waals surface area contributed by atoms with E-state index in [1.165, 1.54) is 25.7 Å². The molecule has 11 heavy (non-hydrogen) atoms. The van der Waals surface area contributed by atoms with Crippen LogP contribution in [0.25, 0.3) is 0 Å². The average molecular weight is 153 g/mol. The van der Waals surface area contributed by atoms with Gasteiger partial charge < -0.3 is 0 Å². The summed E-state index contributed by atoms with van der Waals surface area (Å²) in [6.07, 6.45) is 6.97. The number of unbranched alkanes of at least 4 members (excludes halogenated alkanes) is 1. The maximum Gasteiger partial charge on any atom is 0.0621 e. The number of rotatable bonds is 6. The first-order chi connectivity index (χ1) is 5.35. The second-order valence-electron chi connectivity index (χ2n) is 3.11. The molecule has 0 saturated heterocycles. The van der Waals surface area contributed by atoms with Gasteiger partial charge in [0.2, 0.25) is 0 Å². The van der Waals surface area contributed by atoms with E-state index >= 15 is 0 Å². The van der Waals surface area contributed by atoms with Crippen LogP contribution in [0, 0.1) is 17.2 Å². The normalized spacial score (nSPS) is 12.5. The first kappa shape index (κ1) is 10.5. The molecular formula is C10H19N. The molecule has 0 bridgehead atoms. The van der Waals surface area contributed by atoms with Crippen LogP contribution in [0.3, 0.4) is 0 Å². The molecule has 0 spiro atoms. The lowest BCUT2D eigenvalue weighted by atomic mass is 9.95. The summed E-state index contributed by atoms with van der Waals surface area (Å²) < 4.78 is 0. The van der Waals surface area contributed by atoms with Crippen molar-refractivity contribution in [3.63, 3.8) is 0 Å². The van der Waals surface area contributed by atoms with E-state index in [4.69, 9.17) is 5.26 Å². The van der Waals surface area contributed by atoms with Gasteiger partial charge in [-0.25, -0.2) is 0 Å². The summed E-state index contributed by atoms with van der Waals surface area (Å²) in [5, 5.41) is 8.33. The Labute approximate surface area is 70.4 Å². The van der Waals surface area contributed by atoms with Crippen LogP contribution in [0.2, 0.25) is 0 Å². The minimum Gasteiger partial charge on any atom is -0.198 e. The maximum absolute atomic E-state index is 8.33. The molecule has 0 aromatic carbocycles. The highest BCUT2D eigenvalue weighted by Gasteiger charge is 2.03. The first-order valence-corrected chi connectivity index (χ1v) is 4.72. The Bertz CT molecular complexity index is 113. The van der Waals surface area contributed by atoms with Crippen LogP contribution in [-0.4, -0.2) is 0 Å². The second kappa shape index (κ2) is 7.60. The molecule has 0 rings (SSSR count). The van der Waals surface area contributed by atoms with Gasteiger partial charge in [-0.1, -0.05) is 33.1 Å². The number of nitrogens with zero attached hydrogens (tertiary/aromatic N) is 1. The van der Waals surface area contributed by atoms with Crippen molar-refractivity contribution in [3.8, 4) is 6.07 Å². The Morgan fingerprint density at radius 3 is 2.45 bits per heavy atom. The predicted molar refractivity (Wildman–Crippen MR) is 48.2 cm³/mol. The maximum atomic E-state index is 8.33. The summed E-state index contributed by atoms with van der Waals surface area (Å²) >= 11 is 0. The third kappa shape index (κ3) is 5.91. The molecule has 0 radical (unpaired) electrons. The summed E-state index contributed by atoms with van der Waals surface area (Å²) in [4.78, 5) is 0. The van der Waals surface area contributed by atoms with Crippen molar-refractivity contribution in [3.05, 3.63) is 0 Å². The van der Waals surface area contributed by atoms with Crippen molar-refractivity contribution < 1.29 is 0 Å². The standard InChI is InChI=1S/C10H19N/c1-3-7-10(4-2)8-5-6-9-11/h10H,3-8H2,1-2H3. The fourth-order valence-electron chi connectivity index (χ4n) is 1.43. The van der Waals surface area contributed by atoms with Gasteiger partial charge in [-0.3, -0.25) is 0 Å². The topological polar surface area (TPSA) is 23.8 Å². The molecule has 1 heteroatoms. The van der Waals surface area contributed by atoms with Crippen LogP contribution in [0.1, 0.15) is 52.4 Å². The minimum absolute atomic E-state index is 0.736. The lowest BCUT2D eigenvalue weighted by Crippen LogP contribution is -1.97. The van der Waals surface area contributed by atoms with Gasteiger partial charge >= 0.3 is 0 Å². The van der Waals surface area contributed by atoms with E-state index in [1.807, 2.05) is 0 Å². The first-order valence-electron chi connectivity index (χ1n) is 4.72. The van der Waals surface area contributed by atoms with E-state index in [1.54, 1.807) is 0 Å². The van der Waals surface area contributed by atoms with Crippen LogP contribution < -0.4 is 0 Å². The summed E-state index contributed by atoms with van der Waals surface area (Å²) in [5.74, 6) is 0.869. The molecule has 0 aromatic heterocycles. The molecule has 64 valence electrons. The van der Waals surface area contributed by atoms with E-state index in [0.717, 1.165) is 18.8 Å². The largest absolute Gasteiger partial charge is 0.198 e. The molecule has 0 fully saturated rings. The molecule has 0 saturated carbocycles. The van der Waals surface area contributed by atoms with Crippen molar-refractivity contribution in [1.82, 2.24) is 0 Å². The lowest BCUT2D eigenvalue weighted by molar-refractivity contribution is 0.422. The van der Waals surface area contributed by atoms with Crippen molar-refractivity contribution in [2.45, 2.75) is 52.4 Å². The van der Waals surface area contributed by atoms with Gasteiger partial charge in [0.15, 0.2) is 0 Å². The quantitative estimate of drug-likeness (QED) is 0.536. The highest BCUT2D eigenvalue weighted by atomic mass is 14.2. The summed E-state index contributed by atoms with van der Waals surface area (Å²) in [5.41, 5.74) is 0. The highest BCUT2D eigenvalue weighted by Crippen LogP contribution is 2.17. The highest BCUT2D eigenvalue weighted by molar-refractivity contribution is 4.69. The van der Waals surface area contributed by atoms with E-state index in [9.17, 15) is 0 Å². The fourth-order valence-corrected chi connectivity index (χ4v) is 1.43. The van der Waals surface area contributed by atoms with Gasteiger partial charge in [0.05, 0.1) is 6.07 Å². The van der Waals surface area contributed by atoms with Gasteiger partial charge in [0, 0.05) is 6.42 Å². The Morgan fingerprint density at radius 2 is 2.00 bits per heavy atom. The Morgan fingerprint density at radius 1 is 1.27 bits per heavy atom. The molecule has 0 heterocycles. The molecule has 0 aliphatic heterocycles. The van der Waals surface area contributed by atoms with Crippen LogP contribution in [0.15, 0.2) is 0 Å². The van der Waals surface area contributed by atoms with Crippen LogP contribution in [-0.2, 0) is 0 Å². The zero-order valence-electron chi connectivity index (χ0n) is 7.77. The van der Waals surface area contributed by atoms with Gasteiger partial charge in [-0.15, -0.1) is 0 Å². The molecule has 1 nitrogen and oxygen atoms in total. The zero-order chi connectivity index (χ0) is 8.53. The Hall–Kier alpha value is -0.510. The van der Waals surface area contributed by atoms with E-state index in [2.05, 4.69) is 19.9 Å². The average Bonchev–Trinajstić information content (AvgIpc) is 2.03. The Kier molecular flexibility index (Phi) is 7.24. The molecule has 1 atom stereocenters. The second-order valence-corrected chi connectivity index (χ2v) is 3.11. The van der Waals surface area contributed by atoms with E-state index in [-0.39, 0.29) is 0 Å². The molecule has 0 aromatic rings. The number of hydrogen-bond acceptors (Lipinski definition) is 1. The van der Waals surface area contributed by atoms with Crippen molar-refractivity contribution in [2.24, 2.45) is 5.92 Å². The monoisotopic (exact) mass is 153 g/mol. The summed E-state index contributed by atoms with van der Waals surface area (Å²) in [6.45, 7) is 4.47. The Balaban J connectivity index is 3.29. The van der Waals surface area contributed by atoms with Gasteiger partial charge in [0.1, 0.15) is 0 Å². The summed E-state index contributed by atoms with van der Waals surface area (Å²) in [7, 11) is 0. The third-order valence-electron chi connectivity index (χ3n) is 2.18. The SMILES string of the molecule is CCCC(CC)CCCC#N. The molecule has 0 aliphatic rings. The zero-order valence-corrected chi connectivity index (χ0v) is 7.77. The van der Waals surface area contributed by atoms with Crippen molar-refractivity contribution in [2.75, 3.05) is 0 Å². The molecule has 1 unspecified atom stereocenters. The fraction of sp³-hybridized carbons (Fsp3) is 0.900. The summed E-state index contributed by atoms with van der Waals surface area (Å²) in [6, 6.07) is 2.19. The molecule has 0 aliphatic carbocycles. The third-order valence-corrected chi connectivity index (χ3v) is 2.18. The van der Waals surface area contributed by atoms with Crippen molar-refractivity contribution >= 4 is 0 Å². The van der Waals surface area contributed by atoms with E-state index < -0.39 is 0 Å². The molecular weight excluding hydrogens is 134 g/mol. The lowest BCUT2D eigenvalue weighted by Gasteiger charge is -2.11. The van der Waals surface area contributed by atoms with Crippen molar-refractivity contribution in [1.29, 1.82) is 5.26 Å². The number of nitriles is 1. The van der Waals surface area contributed by atoms with Crippen LogP contribution >= 0.6 is 0 Å². The predicted octanol–water partition coefficient (Wildman–Crippen LogP) is 3.51. The minimum atomic E-state index is 0.736. The van der Waals surface area contributed by atoms with Gasteiger partial charge in [0.25, 0.3) is 0 Å². The number of hydrogen-bond donors (Lipinski definition) is 0. The van der Waals surface area contributed by atoms with Gasteiger partial charge in [-0.2, -0.15) is 5.26 Å². The van der Waals surface area contributed by atoms with Crippen LogP contribution in [0.5, 0.6) is 0 Å².